The summed E-state index contributed by atoms with van der Waals surface area (Å²) in [6, 6.07) is 17.8. The van der Waals surface area contributed by atoms with Crippen molar-refractivity contribution in [3.8, 4) is 17.2 Å². The lowest BCUT2D eigenvalue weighted by Gasteiger charge is -2.42. The van der Waals surface area contributed by atoms with E-state index >= 15 is 14.0 Å². The second kappa shape index (κ2) is 17.6. The van der Waals surface area contributed by atoms with Crippen LogP contribution in [0.1, 0.15) is 89.3 Å². The van der Waals surface area contributed by atoms with Crippen LogP contribution in [0.15, 0.2) is 87.3 Å². The van der Waals surface area contributed by atoms with Crippen molar-refractivity contribution in [1.82, 2.24) is 58.1 Å². The lowest BCUT2D eigenvalue weighted by Crippen LogP contribution is -2.56. The Morgan fingerprint density at radius 3 is 2.32 bits per heavy atom. The molecule has 0 bridgehead atoms. The van der Waals surface area contributed by atoms with Gasteiger partial charge in [-0.1, -0.05) is 18.1 Å². The van der Waals surface area contributed by atoms with Gasteiger partial charge in [0.25, 0.3) is 5.91 Å². The van der Waals surface area contributed by atoms with Crippen molar-refractivity contribution >= 4 is 27.7 Å². The van der Waals surface area contributed by atoms with E-state index in [4.69, 9.17) is 24.2 Å². The molecule has 1 amide bonds. The summed E-state index contributed by atoms with van der Waals surface area (Å²) in [7, 11) is 0. The molecule has 1 saturated carbocycles. The highest BCUT2D eigenvalue weighted by Crippen LogP contribution is 2.56. The Labute approximate surface area is 419 Å². The highest BCUT2D eigenvalue weighted by atomic mass is 19.1. The van der Waals surface area contributed by atoms with E-state index in [1.165, 1.54) is 5.56 Å². The molecule has 0 unspecified atom stereocenters. The molecular weight excluding hydrogens is 932 g/mol. The number of rotatable bonds is 11. The molecule has 4 aliphatic heterocycles. The topological polar surface area (TPSA) is 172 Å². The van der Waals surface area contributed by atoms with Crippen LogP contribution in [0.5, 0.6) is 0 Å². The molecule has 0 radical (unpaired) electrons. The van der Waals surface area contributed by atoms with Gasteiger partial charge in [0.05, 0.1) is 60.6 Å². The first-order valence-electron chi connectivity index (χ1n) is 25.8. The van der Waals surface area contributed by atoms with Crippen LogP contribution in [-0.2, 0) is 28.0 Å². The summed E-state index contributed by atoms with van der Waals surface area (Å²) in [5, 5.41) is 16.0. The summed E-state index contributed by atoms with van der Waals surface area (Å²) in [5.74, 6) is 0.0498. The third-order valence-corrected chi connectivity index (χ3v) is 16.7. The molecule has 3 atom stereocenters. The molecule has 9 heterocycles. The molecule has 0 spiro atoms. The van der Waals surface area contributed by atoms with Crippen molar-refractivity contribution in [3.63, 3.8) is 0 Å². The average Bonchev–Trinajstić information content (AvgIpc) is 4.05. The fourth-order valence-electron chi connectivity index (χ4n) is 12.4. The zero-order valence-electron chi connectivity index (χ0n) is 41.6. The predicted octanol–water partition coefficient (Wildman–Crippen LogP) is 6.00. The molecule has 3 aromatic carbocycles. The molecule has 8 aromatic rings. The second-order valence-electron chi connectivity index (χ2n) is 21.0. The normalized spacial score (nSPS) is 22.1. The number of aromatic amines is 1. The van der Waals surface area contributed by atoms with E-state index in [9.17, 15) is 4.79 Å². The monoisotopic (exact) mass is 990 g/mol. The van der Waals surface area contributed by atoms with E-state index in [0.717, 1.165) is 92.8 Å². The van der Waals surface area contributed by atoms with Crippen molar-refractivity contribution in [3.05, 3.63) is 140 Å². The Balaban J connectivity index is 0.859. The van der Waals surface area contributed by atoms with Gasteiger partial charge in [0.15, 0.2) is 5.82 Å². The van der Waals surface area contributed by atoms with E-state index in [1.54, 1.807) is 52.2 Å². The van der Waals surface area contributed by atoms with Crippen LogP contribution >= 0.6 is 0 Å². The summed E-state index contributed by atoms with van der Waals surface area (Å²) >= 11 is 0. The number of nitrogens with one attached hydrogen (secondary N) is 1. The van der Waals surface area contributed by atoms with E-state index < -0.39 is 17.3 Å². The van der Waals surface area contributed by atoms with E-state index in [2.05, 4.69) is 49.6 Å². The molecule has 3 saturated heterocycles. The lowest BCUT2D eigenvalue weighted by molar-refractivity contribution is -0.0769. The summed E-state index contributed by atoms with van der Waals surface area (Å²) in [4.78, 5) is 52.8. The van der Waals surface area contributed by atoms with Gasteiger partial charge in [-0.25, -0.2) is 18.7 Å². The maximum atomic E-state index is 15.6. The molecule has 5 aliphatic rings. The number of hydrogen-bond acceptors (Lipinski definition) is 11. The maximum absolute atomic E-state index is 15.6. The molecule has 73 heavy (non-hydrogen) atoms. The molecule has 378 valence electrons. The molecule has 18 nitrogen and oxygen atoms in total. The number of aromatic nitrogens is 9. The van der Waals surface area contributed by atoms with Gasteiger partial charge in [0.2, 0.25) is 0 Å². The number of fused-ring (bicyclic) bond motifs is 3. The van der Waals surface area contributed by atoms with Crippen LogP contribution in [0.25, 0.3) is 39.0 Å². The summed E-state index contributed by atoms with van der Waals surface area (Å²) in [5.41, 5.74) is 5.98. The molecule has 1 N–H and O–H groups in total. The van der Waals surface area contributed by atoms with Crippen LogP contribution in [0.3, 0.4) is 0 Å². The molecule has 5 aromatic heterocycles. The van der Waals surface area contributed by atoms with Crippen molar-refractivity contribution in [1.29, 1.82) is 0 Å². The quantitative estimate of drug-likeness (QED) is 0.161. The third-order valence-electron chi connectivity index (χ3n) is 16.7. The third kappa shape index (κ3) is 7.56. The zero-order chi connectivity index (χ0) is 49.9. The van der Waals surface area contributed by atoms with Gasteiger partial charge in [0.1, 0.15) is 22.9 Å². The van der Waals surface area contributed by atoms with Gasteiger partial charge in [-0.2, -0.15) is 10.2 Å². The van der Waals surface area contributed by atoms with Gasteiger partial charge in [-0.15, -0.1) is 0 Å². The summed E-state index contributed by atoms with van der Waals surface area (Å²) < 4.78 is 40.5. The van der Waals surface area contributed by atoms with E-state index in [-0.39, 0.29) is 23.3 Å². The van der Waals surface area contributed by atoms with E-state index in [0.29, 0.717) is 90.0 Å². The minimum Gasteiger partial charge on any atom is -0.381 e. The maximum Gasteiger partial charge on any atom is 0.438 e. The number of aryl methyl sites for hydroxylation is 2. The van der Waals surface area contributed by atoms with Crippen LogP contribution in [-0.4, -0.2) is 136 Å². The number of halogens is 1. The van der Waals surface area contributed by atoms with Gasteiger partial charge in [0, 0.05) is 93.1 Å². The Morgan fingerprint density at radius 1 is 0.849 bits per heavy atom. The number of piperazine rings is 1. The van der Waals surface area contributed by atoms with Crippen LogP contribution < -0.4 is 11.4 Å². The van der Waals surface area contributed by atoms with Crippen LogP contribution in [0, 0.1) is 25.6 Å². The molecule has 13 rings (SSSR count). The Hall–Kier alpha value is -6.93. The SMILES string of the molecule is Cc1cc(-n2nc3c(c2-n2ccn(-c4ccc5c(cnn5CCN5CCN(C6COC6)CC5)c4)c2=O)[C@H](C)N(C(=O)c2cc4cc(C5CCOCC5)ccc4n2[C@@]2(c4noc(=O)[nH]4)C[C@@H]2C)CC3)cc(C)c1F. The summed E-state index contributed by atoms with van der Waals surface area (Å²) in [6.07, 6.45) is 8.23. The molecule has 19 heteroatoms. The first-order valence-corrected chi connectivity index (χ1v) is 25.8. The average molecular weight is 991 g/mol. The first-order chi connectivity index (χ1) is 35.4. The standard InChI is InChI=1S/C54H59FN12O6/c1-32-23-41(24-33(2)48(32)55)67-49(64-19-18-63(53(64)70)40-6-8-44-39(26-40)29-56-65(44)20-15-60-13-16-61(17-14-60)42-30-72-31-42)47-35(4)62(12-9-43(47)58-67)50(68)46-27-38-25-37(36-10-21-71-22-11-36)5-7-45(38)66(46)54(28-34(54)3)51-57-52(69)73-59-51/h5-8,18-19,23-27,29,34-36,42H,9-17,20-22,28,30-31H2,1-4H3,(H,57,59,69)/t34-,35-,54-/m0/s1. The van der Waals surface area contributed by atoms with Gasteiger partial charge < -0.3 is 18.9 Å². The number of benzene rings is 3. The first kappa shape index (κ1) is 45.9. The number of imidazole rings is 1. The Bertz CT molecular complexity index is 3560. The lowest BCUT2D eigenvalue weighted by atomic mass is 9.91. The number of ether oxygens (including phenoxy) is 2. The number of amides is 1. The second-order valence-corrected chi connectivity index (χ2v) is 21.0. The van der Waals surface area contributed by atoms with Crippen molar-refractivity contribution in [2.45, 2.75) is 83.5 Å². The zero-order valence-corrected chi connectivity index (χ0v) is 41.6. The van der Waals surface area contributed by atoms with Crippen LogP contribution in [0.4, 0.5) is 4.39 Å². The van der Waals surface area contributed by atoms with Crippen molar-refractivity contribution < 1.29 is 23.2 Å². The van der Waals surface area contributed by atoms with Crippen molar-refractivity contribution in [2.24, 2.45) is 5.92 Å². The highest BCUT2D eigenvalue weighted by molar-refractivity contribution is 6.00. The Kier molecular flexibility index (Phi) is 11.1. The summed E-state index contributed by atoms with van der Waals surface area (Å²) in [6.45, 7) is 16.7. The number of hydrogen-bond donors (Lipinski definition) is 1. The van der Waals surface area contributed by atoms with Gasteiger partial charge in [-0.3, -0.25) is 37.9 Å². The number of carbonyl (C=O) groups is 1. The largest absolute Gasteiger partial charge is 0.438 e. The molecular formula is C54H59FN12O6. The van der Waals surface area contributed by atoms with Gasteiger partial charge >= 0.3 is 11.4 Å². The minimum atomic E-state index is -0.822. The van der Waals surface area contributed by atoms with Crippen molar-refractivity contribution in [2.75, 3.05) is 65.7 Å². The highest BCUT2D eigenvalue weighted by Gasteiger charge is 2.59. The molecule has 1 aliphatic carbocycles. The van der Waals surface area contributed by atoms with Gasteiger partial charge in [-0.05, 0) is 117 Å². The Morgan fingerprint density at radius 2 is 1.60 bits per heavy atom. The van der Waals surface area contributed by atoms with Crippen LogP contribution in [0.2, 0.25) is 0 Å². The fourth-order valence-corrected chi connectivity index (χ4v) is 12.4. The minimum absolute atomic E-state index is 0.0283. The fraction of sp³-hybridized carbons (Fsp3) is 0.444. The number of H-pyrrole nitrogens is 1. The number of carbonyl (C=O) groups excluding carboxylic acids is 1. The van der Waals surface area contributed by atoms with E-state index in [1.807, 2.05) is 47.0 Å². The smallest absolute Gasteiger partial charge is 0.381 e. The predicted molar refractivity (Wildman–Crippen MR) is 270 cm³/mol. The molecule has 4 fully saturated rings. The number of nitrogens with zero attached hydrogens (tertiary/aromatic N) is 11.